The number of hydrogen-bond donors (Lipinski definition) is 0. The lowest BCUT2D eigenvalue weighted by molar-refractivity contribution is 0.0435. The van der Waals surface area contributed by atoms with Crippen molar-refractivity contribution < 1.29 is 18.7 Å². The molecule has 0 unspecified atom stereocenters. The lowest BCUT2D eigenvalue weighted by atomic mass is 10.2. The summed E-state index contributed by atoms with van der Waals surface area (Å²) in [4.78, 5) is 12.2. The van der Waals surface area contributed by atoms with E-state index in [4.69, 9.17) is 25.5 Å². The highest BCUT2D eigenvalue weighted by atomic mass is 79.9. The molecule has 0 saturated carbocycles. The zero-order chi connectivity index (χ0) is 17.8. The predicted molar refractivity (Wildman–Crippen MR) is 94.6 cm³/mol. The topological polar surface area (TPSA) is 74.5 Å². The highest BCUT2D eigenvalue weighted by molar-refractivity contribution is 9.10. The minimum atomic E-state index is -0.597. The normalized spacial score (nSPS) is 10.5. The van der Waals surface area contributed by atoms with E-state index >= 15 is 0 Å². The number of carbonyl (C=O) groups is 1. The van der Waals surface area contributed by atoms with Crippen LogP contribution in [0.2, 0.25) is 5.02 Å². The summed E-state index contributed by atoms with van der Waals surface area (Å²) in [5.74, 6) is 0.285. The summed E-state index contributed by atoms with van der Waals surface area (Å²) in [7, 11) is 1.46. The number of benzene rings is 2. The fraction of sp³-hybridized carbons (Fsp3) is 0.118. The number of rotatable bonds is 5. The minimum Gasteiger partial charge on any atom is -0.496 e. The molecule has 0 bridgehead atoms. The number of carbonyl (C=O) groups excluding carboxylic acids is 1. The van der Waals surface area contributed by atoms with Crippen LogP contribution in [0.25, 0.3) is 11.5 Å². The maximum Gasteiger partial charge on any atom is 0.342 e. The molecule has 8 heteroatoms. The van der Waals surface area contributed by atoms with Gasteiger partial charge in [0.05, 0.1) is 12.7 Å². The van der Waals surface area contributed by atoms with E-state index in [2.05, 4.69) is 26.1 Å². The van der Waals surface area contributed by atoms with Crippen LogP contribution >= 0.6 is 27.5 Å². The second-order valence-electron chi connectivity index (χ2n) is 4.90. The van der Waals surface area contributed by atoms with Crippen LogP contribution in [0.1, 0.15) is 16.2 Å². The van der Waals surface area contributed by atoms with E-state index in [1.165, 1.54) is 13.2 Å². The van der Waals surface area contributed by atoms with Gasteiger partial charge in [0.25, 0.3) is 5.89 Å². The summed E-state index contributed by atoms with van der Waals surface area (Å²) in [6, 6.07) is 12.1. The largest absolute Gasteiger partial charge is 0.496 e. The third kappa shape index (κ3) is 4.00. The molecule has 1 heterocycles. The van der Waals surface area contributed by atoms with Crippen LogP contribution < -0.4 is 4.74 Å². The van der Waals surface area contributed by atoms with Crippen molar-refractivity contribution in [2.75, 3.05) is 7.11 Å². The maximum atomic E-state index is 12.2. The van der Waals surface area contributed by atoms with Gasteiger partial charge in [0.15, 0.2) is 6.61 Å². The van der Waals surface area contributed by atoms with Crippen molar-refractivity contribution in [3.05, 3.63) is 63.4 Å². The predicted octanol–water partition coefficient (Wildman–Crippen LogP) is 4.52. The van der Waals surface area contributed by atoms with Crippen LogP contribution in [0, 0.1) is 0 Å². The van der Waals surface area contributed by atoms with Crippen LogP contribution in [-0.4, -0.2) is 23.3 Å². The van der Waals surface area contributed by atoms with Crippen LogP contribution in [0.4, 0.5) is 0 Å². The van der Waals surface area contributed by atoms with Crippen molar-refractivity contribution >= 4 is 33.5 Å². The van der Waals surface area contributed by atoms with E-state index in [0.29, 0.717) is 16.7 Å². The molecule has 0 spiro atoms. The van der Waals surface area contributed by atoms with Gasteiger partial charge in [-0.15, -0.1) is 10.2 Å². The Morgan fingerprint density at radius 3 is 2.80 bits per heavy atom. The Bertz CT molecular complexity index is 913. The molecule has 0 aliphatic rings. The van der Waals surface area contributed by atoms with Crippen LogP contribution in [0.15, 0.2) is 51.4 Å². The maximum absolute atomic E-state index is 12.2. The second-order valence-corrected chi connectivity index (χ2v) is 6.19. The van der Waals surface area contributed by atoms with Crippen molar-refractivity contribution in [1.29, 1.82) is 0 Å². The lowest BCUT2D eigenvalue weighted by Gasteiger charge is -2.07. The molecular weight excluding hydrogens is 412 g/mol. The van der Waals surface area contributed by atoms with Crippen LogP contribution in [0.5, 0.6) is 5.75 Å². The number of aromatic nitrogens is 2. The van der Waals surface area contributed by atoms with Crippen molar-refractivity contribution in [1.82, 2.24) is 10.2 Å². The summed E-state index contributed by atoms with van der Waals surface area (Å²) < 4.78 is 16.7. The Balaban J connectivity index is 1.72. The first-order valence-electron chi connectivity index (χ1n) is 7.16. The van der Waals surface area contributed by atoms with Crippen LogP contribution in [0.3, 0.4) is 0 Å². The van der Waals surface area contributed by atoms with E-state index in [1.807, 2.05) is 24.3 Å². The molecule has 3 rings (SSSR count). The van der Waals surface area contributed by atoms with E-state index < -0.39 is 5.97 Å². The molecule has 6 nitrogen and oxygen atoms in total. The van der Waals surface area contributed by atoms with Crippen molar-refractivity contribution in [3.8, 4) is 17.2 Å². The Kier molecular flexibility index (Phi) is 5.35. The minimum absolute atomic E-state index is 0.161. The first-order valence-corrected chi connectivity index (χ1v) is 8.33. The molecule has 128 valence electrons. The fourth-order valence-electron chi connectivity index (χ4n) is 2.10. The highest BCUT2D eigenvalue weighted by Crippen LogP contribution is 2.27. The number of ether oxygens (including phenoxy) is 2. The zero-order valence-electron chi connectivity index (χ0n) is 13.0. The molecular formula is C17H12BrClN2O4. The zero-order valence-corrected chi connectivity index (χ0v) is 15.4. The second kappa shape index (κ2) is 7.67. The Morgan fingerprint density at radius 2 is 2.04 bits per heavy atom. The van der Waals surface area contributed by atoms with E-state index in [-0.39, 0.29) is 18.1 Å². The van der Waals surface area contributed by atoms with Gasteiger partial charge in [-0.25, -0.2) is 4.79 Å². The molecule has 2 aromatic carbocycles. The average molecular weight is 424 g/mol. The first kappa shape index (κ1) is 17.4. The van der Waals surface area contributed by atoms with Crippen molar-refractivity contribution in [3.63, 3.8) is 0 Å². The summed E-state index contributed by atoms with van der Waals surface area (Å²) in [6.07, 6.45) is 0. The Hall–Kier alpha value is -2.38. The summed E-state index contributed by atoms with van der Waals surface area (Å²) in [5.41, 5.74) is 0.977. The van der Waals surface area contributed by atoms with Gasteiger partial charge >= 0.3 is 5.97 Å². The van der Waals surface area contributed by atoms with E-state index in [0.717, 1.165) is 10.0 Å². The summed E-state index contributed by atoms with van der Waals surface area (Å²) >= 11 is 9.33. The molecule has 0 saturated heterocycles. The molecule has 3 aromatic rings. The van der Waals surface area contributed by atoms with Gasteiger partial charge in [-0.3, -0.25) is 0 Å². The molecule has 0 aliphatic carbocycles. The van der Waals surface area contributed by atoms with Crippen molar-refractivity contribution in [2.45, 2.75) is 6.61 Å². The van der Waals surface area contributed by atoms with Gasteiger partial charge in [-0.2, -0.15) is 0 Å². The van der Waals surface area contributed by atoms with Gasteiger partial charge in [0.1, 0.15) is 11.3 Å². The fourth-order valence-corrected chi connectivity index (χ4v) is 2.73. The molecule has 1 aromatic heterocycles. The van der Waals surface area contributed by atoms with Gasteiger partial charge in [-0.05, 0) is 46.3 Å². The van der Waals surface area contributed by atoms with Gasteiger partial charge < -0.3 is 13.9 Å². The number of halogens is 2. The van der Waals surface area contributed by atoms with Gasteiger partial charge in [0, 0.05) is 9.50 Å². The average Bonchev–Trinajstić information content (AvgIpc) is 3.08. The highest BCUT2D eigenvalue weighted by Gasteiger charge is 2.17. The quantitative estimate of drug-likeness (QED) is 0.562. The smallest absolute Gasteiger partial charge is 0.342 e. The molecule has 0 atom stereocenters. The van der Waals surface area contributed by atoms with Gasteiger partial charge in [-0.1, -0.05) is 23.7 Å². The standard InChI is InChI=1S/C17H12BrClN2O4/c1-23-14-7-6-10(19)8-12(14)17(22)24-9-15-20-21-16(25-15)11-4-2-3-5-13(11)18/h2-8H,9H2,1H3. The number of hydrogen-bond acceptors (Lipinski definition) is 6. The molecule has 0 amide bonds. The molecule has 0 fully saturated rings. The number of esters is 1. The van der Waals surface area contributed by atoms with Crippen LogP contribution in [-0.2, 0) is 11.3 Å². The monoisotopic (exact) mass is 422 g/mol. The molecule has 0 radical (unpaired) electrons. The Morgan fingerprint density at radius 1 is 1.24 bits per heavy atom. The lowest BCUT2D eigenvalue weighted by Crippen LogP contribution is -2.07. The Labute approximate surface area is 156 Å². The molecule has 0 N–H and O–H groups in total. The van der Waals surface area contributed by atoms with Gasteiger partial charge in [0.2, 0.25) is 5.89 Å². The SMILES string of the molecule is COc1ccc(Cl)cc1C(=O)OCc1nnc(-c2ccccc2Br)o1. The first-order chi connectivity index (χ1) is 12.1. The summed E-state index contributed by atoms with van der Waals surface area (Å²) in [6.45, 7) is -0.161. The third-order valence-electron chi connectivity index (χ3n) is 3.28. The number of methoxy groups -OCH3 is 1. The molecule has 25 heavy (non-hydrogen) atoms. The van der Waals surface area contributed by atoms with E-state index in [9.17, 15) is 4.79 Å². The number of nitrogens with zero attached hydrogens (tertiary/aromatic N) is 2. The molecule has 0 aliphatic heterocycles. The third-order valence-corrected chi connectivity index (χ3v) is 4.21. The van der Waals surface area contributed by atoms with Crippen molar-refractivity contribution in [2.24, 2.45) is 0 Å². The summed E-state index contributed by atoms with van der Waals surface area (Å²) in [5, 5.41) is 8.25. The van der Waals surface area contributed by atoms with E-state index in [1.54, 1.807) is 12.1 Å².